The van der Waals surface area contributed by atoms with Gasteiger partial charge in [0.1, 0.15) is 18.1 Å². The number of amides is 1. The van der Waals surface area contributed by atoms with Gasteiger partial charge in [0.2, 0.25) is 5.91 Å². The number of para-hydroxylation sites is 1. The average molecular weight is 631 g/mol. The zero-order valence-electron chi connectivity index (χ0n) is 25.4. The Morgan fingerprint density at radius 3 is 2.59 bits per heavy atom. The Morgan fingerprint density at radius 1 is 1.04 bits per heavy atom. The van der Waals surface area contributed by atoms with Crippen molar-refractivity contribution < 1.29 is 18.7 Å². The second-order valence-electron chi connectivity index (χ2n) is 11.1. The summed E-state index contributed by atoms with van der Waals surface area (Å²) in [7, 11) is 1.59. The smallest absolute Gasteiger partial charge is 0.271 e. The molecule has 230 valence electrons. The summed E-state index contributed by atoms with van der Waals surface area (Å²) in [5.41, 5.74) is 3.15. The number of fused-ring (bicyclic) bond motifs is 3. The largest absolute Gasteiger partial charge is 0.496 e. The number of methoxy groups -OCH3 is 1. The molecule has 46 heavy (non-hydrogen) atoms. The molecule has 6 aromatic rings. The quantitative estimate of drug-likeness (QED) is 0.259. The SMILES string of the molecule is COc1ccc2ccccc2c1C1C(C(C)=O)=C(C)N=c2sc(=Cc3cn(CC(=O)NCc4ccco4)c4ccccc34)c(=O)n21. The molecule has 10 heteroatoms. The minimum Gasteiger partial charge on any atom is -0.496 e. The Morgan fingerprint density at radius 2 is 1.83 bits per heavy atom. The lowest BCUT2D eigenvalue weighted by molar-refractivity contribution is -0.121. The summed E-state index contributed by atoms with van der Waals surface area (Å²) in [5.74, 6) is 0.924. The Hall–Kier alpha value is -5.48. The van der Waals surface area contributed by atoms with Crippen molar-refractivity contribution in [2.75, 3.05) is 7.11 Å². The molecule has 7 rings (SSSR count). The second kappa shape index (κ2) is 11.8. The van der Waals surface area contributed by atoms with Crippen LogP contribution >= 0.6 is 11.3 Å². The number of hydrogen-bond donors (Lipinski definition) is 1. The summed E-state index contributed by atoms with van der Waals surface area (Å²) in [6.45, 7) is 3.71. The van der Waals surface area contributed by atoms with E-state index >= 15 is 0 Å². The van der Waals surface area contributed by atoms with Gasteiger partial charge >= 0.3 is 0 Å². The lowest BCUT2D eigenvalue weighted by atomic mass is 9.89. The van der Waals surface area contributed by atoms with E-state index < -0.39 is 6.04 Å². The highest BCUT2D eigenvalue weighted by Gasteiger charge is 2.34. The van der Waals surface area contributed by atoms with Crippen LogP contribution in [0, 0.1) is 0 Å². The topological polar surface area (TPSA) is 108 Å². The number of allylic oxidation sites excluding steroid dienone is 2. The van der Waals surface area contributed by atoms with Crippen molar-refractivity contribution >= 4 is 50.8 Å². The molecule has 0 saturated heterocycles. The Labute approximate surface area is 267 Å². The lowest BCUT2D eigenvalue weighted by Gasteiger charge is -2.27. The number of ether oxygens (including phenoxy) is 1. The Bertz CT molecular complexity index is 2380. The number of thiazole rings is 1. The van der Waals surface area contributed by atoms with Gasteiger partial charge in [0.05, 0.1) is 30.5 Å². The van der Waals surface area contributed by atoms with Crippen LogP contribution in [-0.2, 0) is 22.7 Å². The standard InChI is InChI=1S/C36H30N4O5S/c1-21-32(22(2)41)34(33-27-12-5-4-9-23(27)14-15-29(33)44-3)40-35(43)30(46-36(40)38-21)17-24-19-39(28-13-7-6-11-26(24)28)20-31(42)37-18-25-10-8-16-45-25/h4-17,19,34H,18,20H2,1-3H3,(H,37,42). The van der Waals surface area contributed by atoms with Crippen molar-refractivity contribution in [1.29, 1.82) is 0 Å². The summed E-state index contributed by atoms with van der Waals surface area (Å²) in [6, 6.07) is 22.3. The molecular weight excluding hydrogens is 600 g/mol. The molecule has 0 saturated carbocycles. The number of nitrogens with one attached hydrogen (secondary N) is 1. The maximum Gasteiger partial charge on any atom is 0.271 e. The van der Waals surface area contributed by atoms with Gasteiger partial charge in [-0.1, -0.05) is 59.9 Å². The van der Waals surface area contributed by atoms with E-state index in [0.29, 0.717) is 38.7 Å². The number of carbonyl (C=O) groups excluding carboxylic acids is 2. The van der Waals surface area contributed by atoms with Gasteiger partial charge in [-0.25, -0.2) is 4.99 Å². The van der Waals surface area contributed by atoms with Crippen molar-refractivity contribution in [2.45, 2.75) is 33.0 Å². The molecule has 0 bridgehead atoms. The van der Waals surface area contributed by atoms with E-state index in [1.165, 1.54) is 18.3 Å². The van der Waals surface area contributed by atoms with Crippen LogP contribution in [0.4, 0.5) is 0 Å². The first-order chi connectivity index (χ1) is 22.3. The van der Waals surface area contributed by atoms with Crippen LogP contribution in [0.5, 0.6) is 5.75 Å². The normalized spacial score (nSPS) is 14.8. The second-order valence-corrected chi connectivity index (χ2v) is 12.1. The fraction of sp³-hybridized carbons (Fsp3) is 0.167. The monoisotopic (exact) mass is 630 g/mol. The van der Waals surface area contributed by atoms with Crippen LogP contribution in [0.2, 0.25) is 0 Å². The number of aromatic nitrogens is 2. The summed E-state index contributed by atoms with van der Waals surface area (Å²) < 4.78 is 15.1. The maximum absolute atomic E-state index is 14.4. The number of hydrogen-bond acceptors (Lipinski definition) is 7. The van der Waals surface area contributed by atoms with Crippen LogP contribution in [0.25, 0.3) is 27.8 Å². The first-order valence-corrected chi connectivity index (χ1v) is 15.6. The molecule has 0 radical (unpaired) electrons. The van der Waals surface area contributed by atoms with Gasteiger partial charge in [0.25, 0.3) is 5.56 Å². The van der Waals surface area contributed by atoms with Crippen molar-refractivity contribution in [3.8, 4) is 5.75 Å². The van der Waals surface area contributed by atoms with Crippen LogP contribution in [0.1, 0.15) is 36.8 Å². The maximum atomic E-state index is 14.4. The minimum atomic E-state index is -0.726. The molecule has 0 spiro atoms. The zero-order chi connectivity index (χ0) is 31.9. The molecule has 1 atom stereocenters. The molecule has 1 aliphatic heterocycles. The minimum absolute atomic E-state index is 0.0956. The van der Waals surface area contributed by atoms with Crippen LogP contribution in [-0.4, -0.2) is 27.9 Å². The highest BCUT2D eigenvalue weighted by Crippen LogP contribution is 2.40. The Balaban J connectivity index is 1.36. The first kappa shape index (κ1) is 29.2. The van der Waals surface area contributed by atoms with E-state index in [1.807, 2.05) is 84.4 Å². The zero-order valence-corrected chi connectivity index (χ0v) is 26.3. The molecule has 1 N–H and O–H groups in total. The molecule has 0 fully saturated rings. The molecule has 1 unspecified atom stereocenters. The lowest BCUT2D eigenvalue weighted by Crippen LogP contribution is -2.39. The van der Waals surface area contributed by atoms with Crippen LogP contribution in [0.15, 0.2) is 111 Å². The van der Waals surface area contributed by atoms with E-state index in [0.717, 1.165) is 32.8 Å². The van der Waals surface area contributed by atoms with Crippen LogP contribution < -0.4 is 24.9 Å². The summed E-state index contributed by atoms with van der Waals surface area (Å²) in [4.78, 5) is 45.6. The van der Waals surface area contributed by atoms with Gasteiger partial charge < -0.3 is 19.0 Å². The molecule has 0 aliphatic carbocycles. The average Bonchev–Trinajstić information content (AvgIpc) is 3.77. The van der Waals surface area contributed by atoms with E-state index in [4.69, 9.17) is 14.1 Å². The fourth-order valence-electron chi connectivity index (χ4n) is 6.25. The number of Topliss-reactive ketones (excluding diaryl/α,β-unsaturated/α-hetero) is 1. The third-order valence-electron chi connectivity index (χ3n) is 8.28. The summed E-state index contributed by atoms with van der Waals surface area (Å²) in [6.07, 6.45) is 5.29. The number of benzene rings is 3. The van der Waals surface area contributed by atoms with Gasteiger partial charge in [-0.05, 0) is 55.0 Å². The van der Waals surface area contributed by atoms with E-state index in [9.17, 15) is 14.4 Å². The van der Waals surface area contributed by atoms with Crippen LogP contribution in [0.3, 0.4) is 0 Å². The van der Waals surface area contributed by atoms with Gasteiger partial charge in [-0.15, -0.1) is 0 Å². The Kier molecular flexibility index (Phi) is 7.50. The predicted molar refractivity (Wildman–Crippen MR) is 177 cm³/mol. The molecule has 3 aromatic carbocycles. The van der Waals surface area contributed by atoms with Gasteiger partial charge in [-0.3, -0.25) is 19.0 Å². The van der Waals surface area contributed by atoms with Crippen molar-refractivity contribution in [3.63, 3.8) is 0 Å². The molecule has 9 nitrogen and oxygen atoms in total. The number of rotatable bonds is 8. The number of furan rings is 1. The van der Waals surface area contributed by atoms with Crippen molar-refractivity contribution in [1.82, 2.24) is 14.5 Å². The number of nitrogens with zero attached hydrogens (tertiary/aromatic N) is 3. The fourth-order valence-corrected chi connectivity index (χ4v) is 7.29. The molecule has 4 heterocycles. The summed E-state index contributed by atoms with van der Waals surface area (Å²) >= 11 is 1.27. The van der Waals surface area contributed by atoms with E-state index in [2.05, 4.69) is 5.32 Å². The highest BCUT2D eigenvalue weighted by molar-refractivity contribution is 7.07. The third-order valence-corrected chi connectivity index (χ3v) is 9.27. The molecule has 1 amide bonds. The number of carbonyl (C=O) groups is 2. The summed E-state index contributed by atoms with van der Waals surface area (Å²) in [5, 5.41) is 5.66. The van der Waals surface area contributed by atoms with E-state index in [1.54, 1.807) is 30.1 Å². The van der Waals surface area contributed by atoms with Crippen molar-refractivity contribution in [3.05, 3.63) is 133 Å². The molecular formula is C36H30N4O5S. The van der Waals surface area contributed by atoms with Crippen molar-refractivity contribution in [2.24, 2.45) is 4.99 Å². The van der Waals surface area contributed by atoms with Gasteiger partial charge in [0.15, 0.2) is 10.6 Å². The van der Waals surface area contributed by atoms with Gasteiger partial charge in [-0.2, -0.15) is 0 Å². The highest BCUT2D eigenvalue weighted by atomic mass is 32.1. The van der Waals surface area contributed by atoms with E-state index in [-0.39, 0.29) is 23.8 Å². The third kappa shape index (κ3) is 5.06. The van der Waals surface area contributed by atoms with Gasteiger partial charge in [0, 0.05) is 39.5 Å². The number of ketones is 1. The first-order valence-electron chi connectivity index (χ1n) is 14.8. The molecule has 3 aromatic heterocycles. The predicted octanol–water partition coefficient (Wildman–Crippen LogP) is 4.85. The molecule has 1 aliphatic rings.